The summed E-state index contributed by atoms with van der Waals surface area (Å²) in [7, 11) is 1.45. The largest absolute Gasteiger partial charge is 0.493 e. The van der Waals surface area contributed by atoms with E-state index in [1.807, 2.05) is 12.1 Å². The zero-order chi connectivity index (χ0) is 25.1. The summed E-state index contributed by atoms with van der Waals surface area (Å²) < 4.78 is 11.3. The van der Waals surface area contributed by atoms with E-state index in [0.717, 1.165) is 10.5 Å². The minimum atomic E-state index is -0.812. The lowest BCUT2D eigenvalue weighted by Gasteiger charge is -2.27. The molecule has 1 aliphatic rings. The number of carbonyl (C=O) groups excluding carboxylic acids is 3. The molecule has 0 aromatic heterocycles. The van der Waals surface area contributed by atoms with Crippen LogP contribution >= 0.6 is 23.2 Å². The second-order valence-corrected chi connectivity index (χ2v) is 8.54. The third-order valence-corrected chi connectivity index (χ3v) is 5.85. The SMILES string of the molecule is COc1cc(/C=C2\C(=O)NC(=O)N(c3ccccc3C)C2=O)cc(Cl)c1OCc1ccc(Cl)cc1. The molecule has 0 saturated carbocycles. The number of imide groups is 2. The predicted octanol–water partition coefficient (Wildman–Crippen LogP) is 5.56. The number of anilines is 1. The summed E-state index contributed by atoms with van der Waals surface area (Å²) in [5.74, 6) is -0.926. The highest BCUT2D eigenvalue weighted by Gasteiger charge is 2.37. The van der Waals surface area contributed by atoms with E-state index >= 15 is 0 Å². The maximum Gasteiger partial charge on any atom is 0.335 e. The maximum absolute atomic E-state index is 13.2. The fourth-order valence-electron chi connectivity index (χ4n) is 3.56. The molecule has 4 amide bonds. The van der Waals surface area contributed by atoms with E-state index in [4.69, 9.17) is 32.7 Å². The van der Waals surface area contributed by atoms with Crippen LogP contribution in [-0.4, -0.2) is 25.0 Å². The van der Waals surface area contributed by atoms with Crippen LogP contribution in [-0.2, 0) is 16.2 Å². The Morgan fingerprint density at radius 3 is 2.40 bits per heavy atom. The Morgan fingerprint density at radius 2 is 1.71 bits per heavy atom. The molecule has 1 N–H and O–H groups in total. The molecule has 1 aliphatic heterocycles. The molecule has 0 bridgehead atoms. The lowest BCUT2D eigenvalue weighted by molar-refractivity contribution is -0.122. The zero-order valence-corrected chi connectivity index (χ0v) is 20.3. The van der Waals surface area contributed by atoms with Gasteiger partial charge in [-0.15, -0.1) is 0 Å². The van der Waals surface area contributed by atoms with Crippen LogP contribution in [0.4, 0.5) is 10.5 Å². The van der Waals surface area contributed by atoms with Crippen LogP contribution in [0.5, 0.6) is 11.5 Å². The minimum Gasteiger partial charge on any atom is -0.493 e. The summed E-state index contributed by atoms with van der Waals surface area (Å²) in [5.41, 5.74) is 2.17. The molecule has 7 nitrogen and oxygen atoms in total. The van der Waals surface area contributed by atoms with Crippen molar-refractivity contribution in [2.24, 2.45) is 0 Å². The number of rotatable bonds is 6. The van der Waals surface area contributed by atoms with Crippen molar-refractivity contribution in [2.75, 3.05) is 12.0 Å². The van der Waals surface area contributed by atoms with Crippen LogP contribution in [0.15, 0.2) is 66.2 Å². The van der Waals surface area contributed by atoms with Crippen molar-refractivity contribution >= 4 is 52.8 Å². The molecule has 3 aromatic rings. The van der Waals surface area contributed by atoms with Gasteiger partial charge in [-0.25, -0.2) is 9.69 Å². The predicted molar refractivity (Wildman–Crippen MR) is 134 cm³/mol. The van der Waals surface area contributed by atoms with Gasteiger partial charge >= 0.3 is 6.03 Å². The Kier molecular flexibility index (Phi) is 7.10. The summed E-state index contributed by atoms with van der Waals surface area (Å²) in [5, 5.41) is 3.05. The van der Waals surface area contributed by atoms with Crippen LogP contribution in [0.25, 0.3) is 6.08 Å². The number of hydrogen-bond acceptors (Lipinski definition) is 5. The number of amides is 4. The van der Waals surface area contributed by atoms with Gasteiger partial charge < -0.3 is 9.47 Å². The highest BCUT2D eigenvalue weighted by molar-refractivity contribution is 6.39. The minimum absolute atomic E-state index is 0.221. The summed E-state index contributed by atoms with van der Waals surface area (Å²) in [6.07, 6.45) is 1.35. The zero-order valence-electron chi connectivity index (χ0n) is 18.8. The summed E-state index contributed by atoms with van der Waals surface area (Å²) in [4.78, 5) is 39.1. The van der Waals surface area contributed by atoms with Gasteiger partial charge in [0.2, 0.25) is 0 Å². The molecule has 3 aromatic carbocycles. The summed E-state index contributed by atoms with van der Waals surface area (Å²) in [6.45, 7) is 1.99. The molecule has 4 rings (SSSR count). The number of para-hydroxylation sites is 1. The molecule has 0 radical (unpaired) electrons. The van der Waals surface area contributed by atoms with Crippen molar-refractivity contribution < 1.29 is 23.9 Å². The van der Waals surface area contributed by atoms with E-state index in [9.17, 15) is 14.4 Å². The number of urea groups is 1. The molecular formula is C26H20Cl2N2O5. The number of hydrogen-bond donors (Lipinski definition) is 1. The van der Waals surface area contributed by atoms with Gasteiger partial charge in [0.05, 0.1) is 17.8 Å². The molecule has 0 spiro atoms. The number of barbiturate groups is 1. The number of benzene rings is 3. The average molecular weight is 511 g/mol. The first-order chi connectivity index (χ1) is 16.8. The Morgan fingerprint density at radius 1 is 1.00 bits per heavy atom. The van der Waals surface area contributed by atoms with Crippen molar-refractivity contribution in [2.45, 2.75) is 13.5 Å². The van der Waals surface area contributed by atoms with Crippen LogP contribution < -0.4 is 19.7 Å². The Hall–Kier alpha value is -3.81. The number of ether oxygens (including phenoxy) is 2. The van der Waals surface area contributed by atoms with Gasteiger partial charge in [0.1, 0.15) is 12.2 Å². The monoisotopic (exact) mass is 510 g/mol. The topological polar surface area (TPSA) is 84.9 Å². The fraction of sp³-hybridized carbons (Fsp3) is 0.115. The molecule has 0 aliphatic carbocycles. The van der Waals surface area contributed by atoms with Gasteiger partial charge in [-0.05, 0) is 60.0 Å². The van der Waals surface area contributed by atoms with E-state index in [0.29, 0.717) is 33.3 Å². The van der Waals surface area contributed by atoms with Crippen LogP contribution in [0.2, 0.25) is 10.0 Å². The number of carbonyl (C=O) groups is 3. The Balaban J connectivity index is 1.64. The molecule has 0 unspecified atom stereocenters. The molecule has 1 heterocycles. The Bertz CT molecular complexity index is 1350. The van der Waals surface area contributed by atoms with Gasteiger partial charge in [-0.2, -0.15) is 0 Å². The van der Waals surface area contributed by atoms with Gasteiger partial charge in [-0.3, -0.25) is 14.9 Å². The van der Waals surface area contributed by atoms with Gasteiger partial charge in [-0.1, -0.05) is 53.5 Å². The van der Waals surface area contributed by atoms with Crippen molar-refractivity contribution in [1.29, 1.82) is 0 Å². The highest BCUT2D eigenvalue weighted by atomic mass is 35.5. The van der Waals surface area contributed by atoms with Gasteiger partial charge in [0.25, 0.3) is 11.8 Å². The van der Waals surface area contributed by atoms with Crippen molar-refractivity contribution in [3.63, 3.8) is 0 Å². The van der Waals surface area contributed by atoms with E-state index < -0.39 is 17.8 Å². The maximum atomic E-state index is 13.2. The van der Waals surface area contributed by atoms with E-state index in [1.54, 1.807) is 55.5 Å². The third-order valence-electron chi connectivity index (χ3n) is 5.32. The summed E-state index contributed by atoms with van der Waals surface area (Å²) >= 11 is 12.4. The average Bonchev–Trinajstić information content (AvgIpc) is 2.83. The van der Waals surface area contributed by atoms with E-state index in [2.05, 4.69) is 5.32 Å². The Labute approximate surface area is 211 Å². The lowest BCUT2D eigenvalue weighted by atomic mass is 10.1. The van der Waals surface area contributed by atoms with Crippen molar-refractivity contribution in [1.82, 2.24) is 5.32 Å². The number of halogens is 2. The quantitative estimate of drug-likeness (QED) is 0.346. The second-order valence-electron chi connectivity index (χ2n) is 7.69. The van der Waals surface area contributed by atoms with Crippen molar-refractivity contribution in [3.05, 3.63) is 93.0 Å². The van der Waals surface area contributed by atoms with Crippen LogP contribution in [0.3, 0.4) is 0 Å². The number of nitrogens with one attached hydrogen (secondary N) is 1. The molecule has 1 saturated heterocycles. The molecule has 178 valence electrons. The summed E-state index contributed by atoms with van der Waals surface area (Å²) in [6, 6.07) is 16.4. The first-order valence-corrected chi connectivity index (χ1v) is 11.3. The molecular weight excluding hydrogens is 491 g/mol. The second kappa shape index (κ2) is 10.2. The fourth-order valence-corrected chi connectivity index (χ4v) is 3.96. The normalized spacial score (nSPS) is 14.8. The lowest BCUT2D eigenvalue weighted by Crippen LogP contribution is -2.54. The number of methoxy groups -OCH3 is 1. The van der Waals surface area contributed by atoms with Crippen molar-refractivity contribution in [3.8, 4) is 11.5 Å². The highest BCUT2D eigenvalue weighted by Crippen LogP contribution is 2.38. The molecule has 0 atom stereocenters. The molecule has 1 fully saturated rings. The number of aryl methyl sites for hydroxylation is 1. The molecule has 35 heavy (non-hydrogen) atoms. The van der Waals surface area contributed by atoms with Gasteiger partial charge in [0.15, 0.2) is 11.5 Å². The standard InChI is InChI=1S/C26H20Cl2N2O5/c1-15-5-3-4-6-21(15)30-25(32)19(24(31)29-26(30)33)11-17-12-20(28)23(22(13-17)34-2)35-14-16-7-9-18(27)10-8-16/h3-13H,14H2,1-2H3,(H,29,31,33)/b19-11+. The van der Waals surface area contributed by atoms with Gasteiger partial charge in [0, 0.05) is 5.02 Å². The van der Waals surface area contributed by atoms with E-state index in [1.165, 1.54) is 13.2 Å². The first-order valence-electron chi connectivity index (χ1n) is 10.5. The van der Waals surface area contributed by atoms with Crippen LogP contribution in [0, 0.1) is 6.92 Å². The van der Waals surface area contributed by atoms with E-state index in [-0.39, 0.29) is 17.2 Å². The number of nitrogens with zero attached hydrogens (tertiary/aromatic N) is 1. The van der Waals surface area contributed by atoms with Crippen LogP contribution in [0.1, 0.15) is 16.7 Å². The first kappa shape index (κ1) is 24.3. The molecule has 9 heteroatoms. The third kappa shape index (κ3) is 5.16. The smallest absolute Gasteiger partial charge is 0.335 e.